The molecule has 0 atom stereocenters. The maximum atomic E-state index is 12.0. The molecule has 0 radical (unpaired) electrons. The minimum Gasteiger partial charge on any atom is -0.380 e. The molecule has 82 valence electrons. The number of allylic oxidation sites excluding steroid dienone is 2. The minimum absolute atomic E-state index is 0.191. The molecule has 0 bridgehead atoms. The quantitative estimate of drug-likeness (QED) is 0.440. The van der Waals surface area contributed by atoms with Crippen molar-refractivity contribution < 1.29 is 4.79 Å². The van der Waals surface area contributed by atoms with Gasteiger partial charge < -0.3 is 4.90 Å². The van der Waals surface area contributed by atoms with Gasteiger partial charge in [0.2, 0.25) is 5.78 Å². The van der Waals surface area contributed by atoms with Gasteiger partial charge in [-0.15, -0.1) is 0 Å². The zero-order chi connectivity index (χ0) is 12.1. The Bertz CT molecular complexity index is 453. The zero-order valence-electron chi connectivity index (χ0n) is 9.69. The van der Waals surface area contributed by atoms with Crippen LogP contribution >= 0.6 is 0 Å². The van der Waals surface area contributed by atoms with Crippen LogP contribution in [0.2, 0.25) is 0 Å². The van der Waals surface area contributed by atoms with Crippen molar-refractivity contribution in [2.24, 2.45) is 0 Å². The van der Waals surface area contributed by atoms with E-state index in [1.54, 1.807) is 36.1 Å². The SMILES string of the molecule is C/C(=C(/C#N)C(=O)c1ccccc1)N(C)C. The molecule has 0 aliphatic heterocycles. The normalized spacial score (nSPS) is 11.4. The maximum absolute atomic E-state index is 12.0. The summed E-state index contributed by atoms with van der Waals surface area (Å²) in [5, 5.41) is 9.02. The van der Waals surface area contributed by atoms with Crippen molar-refractivity contribution >= 4 is 5.78 Å². The Kier molecular flexibility index (Phi) is 3.84. The molecule has 1 aromatic carbocycles. The van der Waals surface area contributed by atoms with Gasteiger partial charge in [-0.05, 0) is 6.92 Å². The number of hydrogen-bond donors (Lipinski definition) is 0. The lowest BCUT2D eigenvalue weighted by atomic mass is 10.0. The van der Waals surface area contributed by atoms with E-state index in [4.69, 9.17) is 5.26 Å². The summed E-state index contributed by atoms with van der Waals surface area (Å²) in [4.78, 5) is 13.8. The first-order valence-electron chi connectivity index (χ1n) is 4.96. The van der Waals surface area contributed by atoms with Crippen LogP contribution in [-0.2, 0) is 0 Å². The lowest BCUT2D eigenvalue weighted by molar-refractivity contribution is 0.103. The highest BCUT2D eigenvalue weighted by Gasteiger charge is 2.15. The lowest BCUT2D eigenvalue weighted by Crippen LogP contribution is -2.15. The highest BCUT2D eigenvalue weighted by atomic mass is 16.1. The smallest absolute Gasteiger partial charge is 0.205 e. The zero-order valence-corrected chi connectivity index (χ0v) is 9.69. The highest BCUT2D eigenvalue weighted by Crippen LogP contribution is 2.13. The fraction of sp³-hybridized carbons (Fsp3) is 0.231. The summed E-state index contributed by atoms with van der Waals surface area (Å²) in [7, 11) is 3.62. The van der Waals surface area contributed by atoms with Crippen molar-refractivity contribution in [3.05, 3.63) is 47.2 Å². The molecule has 0 unspecified atom stereocenters. The van der Waals surface area contributed by atoms with E-state index in [0.29, 0.717) is 11.3 Å². The van der Waals surface area contributed by atoms with Crippen LogP contribution in [0.5, 0.6) is 0 Å². The monoisotopic (exact) mass is 214 g/mol. The number of nitriles is 1. The van der Waals surface area contributed by atoms with E-state index >= 15 is 0 Å². The van der Waals surface area contributed by atoms with Crippen LogP contribution in [0.3, 0.4) is 0 Å². The molecule has 0 aromatic heterocycles. The van der Waals surface area contributed by atoms with Gasteiger partial charge in [-0.25, -0.2) is 0 Å². The van der Waals surface area contributed by atoms with Gasteiger partial charge in [0.15, 0.2) is 0 Å². The number of Topliss-reactive ketones (excluding diaryl/α,β-unsaturated/α-hetero) is 1. The van der Waals surface area contributed by atoms with E-state index in [2.05, 4.69) is 0 Å². The number of benzene rings is 1. The molecule has 0 saturated heterocycles. The van der Waals surface area contributed by atoms with E-state index in [-0.39, 0.29) is 11.4 Å². The number of carbonyl (C=O) groups excluding carboxylic acids is 1. The topological polar surface area (TPSA) is 44.1 Å². The van der Waals surface area contributed by atoms with Crippen LogP contribution in [-0.4, -0.2) is 24.8 Å². The van der Waals surface area contributed by atoms with Gasteiger partial charge in [0.25, 0.3) is 0 Å². The Morgan fingerprint density at radius 2 is 1.81 bits per heavy atom. The average molecular weight is 214 g/mol. The summed E-state index contributed by atoms with van der Waals surface area (Å²) < 4.78 is 0. The maximum Gasteiger partial charge on any atom is 0.205 e. The van der Waals surface area contributed by atoms with Crippen LogP contribution in [0.25, 0.3) is 0 Å². The summed E-state index contributed by atoms with van der Waals surface area (Å²) in [6.45, 7) is 1.76. The minimum atomic E-state index is -0.227. The standard InChI is InChI=1S/C13H14N2O/c1-10(15(2)3)12(9-14)13(16)11-7-5-4-6-8-11/h4-8H,1-3H3/b12-10+. The molecule has 3 nitrogen and oxygen atoms in total. The number of nitrogens with zero attached hydrogens (tertiary/aromatic N) is 2. The first-order chi connectivity index (χ1) is 7.57. The number of rotatable bonds is 3. The molecule has 0 N–H and O–H groups in total. The van der Waals surface area contributed by atoms with Crippen LogP contribution in [0.4, 0.5) is 0 Å². The van der Waals surface area contributed by atoms with Gasteiger partial charge in [-0.1, -0.05) is 30.3 Å². The summed E-state index contributed by atoms with van der Waals surface area (Å²) in [6, 6.07) is 10.8. The largest absolute Gasteiger partial charge is 0.380 e. The molecule has 0 heterocycles. The van der Waals surface area contributed by atoms with Crippen molar-refractivity contribution in [2.75, 3.05) is 14.1 Å². The summed E-state index contributed by atoms with van der Waals surface area (Å²) in [5.41, 5.74) is 1.41. The van der Waals surface area contributed by atoms with Crippen LogP contribution in [0.1, 0.15) is 17.3 Å². The molecule has 1 aromatic rings. The Morgan fingerprint density at radius 3 is 2.25 bits per heavy atom. The van der Waals surface area contributed by atoms with Gasteiger partial charge in [0.05, 0.1) is 0 Å². The van der Waals surface area contributed by atoms with E-state index in [0.717, 1.165) is 0 Å². The van der Waals surface area contributed by atoms with Crippen LogP contribution < -0.4 is 0 Å². The van der Waals surface area contributed by atoms with Gasteiger partial charge >= 0.3 is 0 Å². The third-order valence-corrected chi connectivity index (χ3v) is 2.41. The highest BCUT2D eigenvalue weighted by molar-refractivity contribution is 6.11. The Labute approximate surface area is 95.6 Å². The fourth-order valence-corrected chi connectivity index (χ4v) is 1.25. The Balaban J connectivity index is 3.16. The molecule has 0 saturated carbocycles. The van der Waals surface area contributed by atoms with Crippen molar-refractivity contribution in [3.63, 3.8) is 0 Å². The number of ketones is 1. The van der Waals surface area contributed by atoms with Crippen LogP contribution in [0.15, 0.2) is 41.6 Å². The molecule has 0 aliphatic rings. The first kappa shape index (κ1) is 12.0. The second kappa shape index (κ2) is 5.13. The number of carbonyl (C=O) groups is 1. The van der Waals surface area contributed by atoms with Crippen molar-refractivity contribution in [3.8, 4) is 6.07 Å². The molecule has 0 spiro atoms. The van der Waals surface area contributed by atoms with Gasteiger partial charge in [0.1, 0.15) is 11.6 Å². The predicted octanol–water partition coefficient (Wildman–Crippen LogP) is 2.23. The molecular weight excluding hydrogens is 200 g/mol. The Morgan fingerprint density at radius 1 is 1.25 bits per heavy atom. The molecule has 3 heteroatoms. The van der Waals surface area contributed by atoms with Crippen molar-refractivity contribution in [1.82, 2.24) is 4.90 Å². The second-order valence-electron chi connectivity index (χ2n) is 3.66. The molecule has 1 rings (SSSR count). The average Bonchev–Trinajstić information content (AvgIpc) is 2.30. The summed E-state index contributed by atoms with van der Waals surface area (Å²) in [6.07, 6.45) is 0. The Hall–Kier alpha value is -2.08. The number of hydrogen-bond acceptors (Lipinski definition) is 3. The lowest BCUT2D eigenvalue weighted by Gasteiger charge is -2.14. The fourth-order valence-electron chi connectivity index (χ4n) is 1.25. The molecule has 16 heavy (non-hydrogen) atoms. The molecule has 0 aliphatic carbocycles. The third-order valence-electron chi connectivity index (χ3n) is 2.41. The summed E-state index contributed by atoms with van der Waals surface area (Å²) >= 11 is 0. The van der Waals surface area contributed by atoms with Gasteiger partial charge in [-0.2, -0.15) is 5.26 Å². The first-order valence-corrected chi connectivity index (χ1v) is 4.96. The van der Waals surface area contributed by atoms with E-state index in [9.17, 15) is 4.79 Å². The molecule has 0 amide bonds. The third kappa shape index (κ3) is 2.48. The van der Waals surface area contributed by atoms with Gasteiger partial charge in [0, 0.05) is 25.4 Å². The summed E-state index contributed by atoms with van der Waals surface area (Å²) in [5.74, 6) is -0.227. The van der Waals surface area contributed by atoms with E-state index in [1.807, 2.05) is 26.2 Å². The molecular formula is C13H14N2O. The predicted molar refractivity (Wildman–Crippen MR) is 62.8 cm³/mol. The molecule has 0 fully saturated rings. The second-order valence-corrected chi connectivity index (χ2v) is 3.66. The van der Waals surface area contributed by atoms with E-state index < -0.39 is 0 Å². The van der Waals surface area contributed by atoms with Crippen molar-refractivity contribution in [1.29, 1.82) is 5.26 Å². The van der Waals surface area contributed by atoms with Crippen molar-refractivity contribution in [2.45, 2.75) is 6.92 Å². The van der Waals surface area contributed by atoms with E-state index in [1.165, 1.54) is 0 Å². The van der Waals surface area contributed by atoms with Crippen LogP contribution in [0, 0.1) is 11.3 Å². The van der Waals surface area contributed by atoms with Gasteiger partial charge in [-0.3, -0.25) is 4.79 Å².